The van der Waals surface area contributed by atoms with Gasteiger partial charge >= 0.3 is 5.97 Å². The van der Waals surface area contributed by atoms with Gasteiger partial charge in [-0.2, -0.15) is 0 Å². The highest BCUT2D eigenvalue weighted by atomic mass is 35.5. The third kappa shape index (κ3) is 2.93. The molecule has 0 bridgehead atoms. The molecule has 3 nitrogen and oxygen atoms in total. The van der Waals surface area contributed by atoms with E-state index in [9.17, 15) is 9.90 Å². The minimum absolute atomic E-state index is 0.599. The van der Waals surface area contributed by atoms with Crippen LogP contribution in [0.1, 0.15) is 37.3 Å². The number of carboxylic acid groups (broad SMARTS) is 1. The molecule has 1 aromatic carbocycles. The maximum atomic E-state index is 11.5. The van der Waals surface area contributed by atoms with Crippen molar-refractivity contribution < 1.29 is 9.90 Å². The van der Waals surface area contributed by atoms with Crippen LogP contribution in [0.15, 0.2) is 18.2 Å². The predicted octanol–water partition coefficient (Wildman–Crippen LogP) is 3.48. The minimum atomic E-state index is -0.771. The van der Waals surface area contributed by atoms with Crippen molar-refractivity contribution in [3.8, 4) is 0 Å². The van der Waals surface area contributed by atoms with E-state index >= 15 is 0 Å². The van der Waals surface area contributed by atoms with Gasteiger partial charge in [-0.3, -0.25) is 9.69 Å². The highest BCUT2D eigenvalue weighted by Crippen LogP contribution is 2.31. The molecule has 2 rings (SSSR count). The zero-order valence-electron chi connectivity index (χ0n) is 11.4. The van der Waals surface area contributed by atoms with Crippen LogP contribution in [0.3, 0.4) is 0 Å². The normalized spacial score (nSPS) is 24.4. The highest BCUT2D eigenvalue weighted by Gasteiger charge is 2.41. The number of piperidine rings is 1. The zero-order chi connectivity index (χ0) is 14.0. The van der Waals surface area contributed by atoms with Crippen LogP contribution in [-0.2, 0) is 11.3 Å². The van der Waals surface area contributed by atoms with Gasteiger partial charge in [-0.05, 0) is 56.8 Å². The molecule has 1 aromatic rings. The first-order chi connectivity index (χ1) is 8.93. The number of hydrogen-bond donors (Lipinski definition) is 1. The van der Waals surface area contributed by atoms with Crippen LogP contribution in [-0.4, -0.2) is 28.1 Å². The van der Waals surface area contributed by atoms with Gasteiger partial charge in [0.15, 0.2) is 0 Å². The lowest BCUT2D eigenvalue weighted by molar-refractivity contribution is -0.153. The monoisotopic (exact) mass is 281 g/mol. The summed E-state index contributed by atoms with van der Waals surface area (Å²) >= 11 is 6.25. The Morgan fingerprint density at radius 2 is 2.21 bits per heavy atom. The molecular weight excluding hydrogens is 262 g/mol. The van der Waals surface area contributed by atoms with Crippen molar-refractivity contribution in [2.24, 2.45) is 0 Å². The summed E-state index contributed by atoms with van der Waals surface area (Å²) in [6.45, 7) is 5.23. The van der Waals surface area contributed by atoms with E-state index < -0.39 is 11.5 Å². The number of benzene rings is 1. The van der Waals surface area contributed by atoms with Crippen molar-refractivity contribution >= 4 is 17.6 Å². The lowest BCUT2D eigenvalue weighted by Crippen LogP contribution is -2.54. The fraction of sp³-hybridized carbons (Fsp3) is 0.533. The average molecular weight is 282 g/mol. The number of rotatable bonds is 3. The fourth-order valence-corrected chi connectivity index (χ4v) is 2.95. The van der Waals surface area contributed by atoms with Gasteiger partial charge in [-0.15, -0.1) is 0 Å². The first kappa shape index (κ1) is 14.4. The number of nitrogens with zero attached hydrogens (tertiary/aromatic N) is 1. The van der Waals surface area contributed by atoms with E-state index in [1.807, 2.05) is 36.9 Å². The van der Waals surface area contributed by atoms with Gasteiger partial charge in [0.25, 0.3) is 0 Å². The lowest BCUT2D eigenvalue weighted by atomic mass is 9.88. The van der Waals surface area contributed by atoms with Crippen LogP contribution in [0, 0.1) is 6.92 Å². The molecule has 104 valence electrons. The van der Waals surface area contributed by atoms with E-state index in [4.69, 9.17) is 11.6 Å². The van der Waals surface area contributed by atoms with Crippen molar-refractivity contribution in [3.05, 3.63) is 34.3 Å². The molecule has 19 heavy (non-hydrogen) atoms. The summed E-state index contributed by atoms with van der Waals surface area (Å²) in [5, 5.41) is 10.2. The molecule has 0 aromatic heterocycles. The Hall–Kier alpha value is -1.06. The third-order valence-electron chi connectivity index (χ3n) is 4.07. The van der Waals surface area contributed by atoms with Gasteiger partial charge in [0.2, 0.25) is 0 Å². The summed E-state index contributed by atoms with van der Waals surface area (Å²) in [6.07, 6.45) is 2.72. The number of hydrogen-bond acceptors (Lipinski definition) is 2. The molecule has 4 heteroatoms. The summed E-state index contributed by atoms with van der Waals surface area (Å²) in [5.41, 5.74) is 1.35. The van der Waals surface area contributed by atoms with E-state index in [0.29, 0.717) is 13.0 Å². The van der Waals surface area contributed by atoms with Crippen LogP contribution in [0.25, 0.3) is 0 Å². The Morgan fingerprint density at radius 3 is 2.84 bits per heavy atom. The quantitative estimate of drug-likeness (QED) is 0.922. The Balaban J connectivity index is 2.22. The van der Waals surface area contributed by atoms with Crippen molar-refractivity contribution in [1.29, 1.82) is 0 Å². The Kier molecular flexibility index (Phi) is 4.16. The first-order valence-electron chi connectivity index (χ1n) is 6.67. The summed E-state index contributed by atoms with van der Waals surface area (Å²) in [6, 6.07) is 5.94. The van der Waals surface area contributed by atoms with Crippen molar-refractivity contribution in [3.63, 3.8) is 0 Å². The molecule has 1 saturated heterocycles. The first-order valence-corrected chi connectivity index (χ1v) is 7.05. The van der Waals surface area contributed by atoms with E-state index in [1.54, 1.807) is 0 Å². The van der Waals surface area contributed by atoms with E-state index in [-0.39, 0.29) is 0 Å². The van der Waals surface area contributed by atoms with Gasteiger partial charge in [-0.1, -0.05) is 23.7 Å². The molecule has 1 heterocycles. The molecule has 0 aliphatic carbocycles. The van der Waals surface area contributed by atoms with Gasteiger partial charge < -0.3 is 5.11 Å². The van der Waals surface area contributed by atoms with E-state index in [1.165, 1.54) is 0 Å². The molecule has 0 saturated carbocycles. The second-order valence-electron chi connectivity index (χ2n) is 5.55. The highest BCUT2D eigenvalue weighted by molar-refractivity contribution is 6.31. The molecule has 1 atom stereocenters. The summed E-state index contributed by atoms with van der Waals surface area (Å²) in [4.78, 5) is 13.6. The summed E-state index contributed by atoms with van der Waals surface area (Å²) < 4.78 is 0. The van der Waals surface area contributed by atoms with Crippen LogP contribution in [0.5, 0.6) is 0 Å². The average Bonchev–Trinajstić information content (AvgIpc) is 2.35. The molecule has 0 spiro atoms. The van der Waals surface area contributed by atoms with Gasteiger partial charge in [0.1, 0.15) is 5.54 Å². The largest absolute Gasteiger partial charge is 0.480 e. The van der Waals surface area contributed by atoms with Gasteiger partial charge in [-0.25, -0.2) is 0 Å². The van der Waals surface area contributed by atoms with E-state index in [0.717, 1.165) is 35.5 Å². The minimum Gasteiger partial charge on any atom is -0.480 e. The third-order valence-corrected chi connectivity index (χ3v) is 4.42. The molecule has 0 radical (unpaired) electrons. The van der Waals surface area contributed by atoms with Gasteiger partial charge in [0.05, 0.1) is 0 Å². The number of carboxylic acids is 1. The zero-order valence-corrected chi connectivity index (χ0v) is 12.2. The van der Waals surface area contributed by atoms with Crippen LogP contribution < -0.4 is 0 Å². The van der Waals surface area contributed by atoms with Gasteiger partial charge in [0, 0.05) is 11.6 Å². The number of aliphatic carboxylic acids is 1. The molecule has 1 aliphatic heterocycles. The van der Waals surface area contributed by atoms with Crippen molar-refractivity contribution in [2.45, 2.75) is 45.2 Å². The van der Waals surface area contributed by atoms with E-state index in [2.05, 4.69) is 0 Å². The summed E-state index contributed by atoms with van der Waals surface area (Å²) in [7, 11) is 0. The fourth-order valence-electron chi connectivity index (χ4n) is 2.66. The molecular formula is C15H20ClNO2. The standard InChI is InChI=1S/C15H20ClNO2/c1-11-5-6-12(13(16)9-11)10-17-8-4-3-7-15(17,2)14(18)19/h5-6,9H,3-4,7-8,10H2,1-2H3,(H,18,19). The number of halogens is 1. The number of likely N-dealkylation sites (tertiary alicyclic amines) is 1. The van der Waals surface area contributed by atoms with Crippen LogP contribution in [0.2, 0.25) is 5.02 Å². The Bertz CT molecular complexity index is 489. The van der Waals surface area contributed by atoms with Crippen LogP contribution in [0.4, 0.5) is 0 Å². The van der Waals surface area contributed by atoms with Crippen LogP contribution >= 0.6 is 11.6 Å². The molecule has 0 amide bonds. The maximum absolute atomic E-state index is 11.5. The Labute approximate surface area is 119 Å². The Morgan fingerprint density at radius 1 is 1.47 bits per heavy atom. The molecule has 1 aliphatic rings. The second-order valence-corrected chi connectivity index (χ2v) is 5.96. The predicted molar refractivity (Wildman–Crippen MR) is 76.5 cm³/mol. The second kappa shape index (κ2) is 5.51. The number of carbonyl (C=O) groups is 1. The summed E-state index contributed by atoms with van der Waals surface area (Å²) in [5.74, 6) is -0.740. The maximum Gasteiger partial charge on any atom is 0.323 e. The SMILES string of the molecule is Cc1ccc(CN2CCCCC2(C)C(=O)O)c(Cl)c1. The lowest BCUT2D eigenvalue weighted by Gasteiger charge is -2.41. The van der Waals surface area contributed by atoms with Crippen molar-refractivity contribution in [2.75, 3.05) is 6.54 Å². The molecule has 1 unspecified atom stereocenters. The molecule has 1 N–H and O–H groups in total. The molecule has 1 fully saturated rings. The smallest absolute Gasteiger partial charge is 0.323 e. The topological polar surface area (TPSA) is 40.5 Å². The van der Waals surface area contributed by atoms with Crippen molar-refractivity contribution in [1.82, 2.24) is 4.90 Å². The number of aryl methyl sites for hydroxylation is 1.